The Labute approximate surface area is 347 Å². The number of esters is 1. The minimum Gasteiger partial charge on any atom is -0.548 e. The summed E-state index contributed by atoms with van der Waals surface area (Å²) in [5, 5.41) is 39.4. The number of aromatic hydroxyl groups is 1. The Balaban J connectivity index is 2.16. The number of hydrazine groups is 1. The molecule has 0 spiro atoms. The van der Waals surface area contributed by atoms with Crippen LogP contribution in [0.25, 0.3) is 0 Å². The number of hydrogen-bond donors (Lipinski definition) is 5. The summed E-state index contributed by atoms with van der Waals surface area (Å²) >= 11 is 0. The summed E-state index contributed by atoms with van der Waals surface area (Å²) in [5.41, 5.74) is 3.85. The first-order valence-corrected chi connectivity index (χ1v) is 20.2. The summed E-state index contributed by atoms with van der Waals surface area (Å²) < 4.78 is 19.3. The molecule has 6 atom stereocenters. The summed E-state index contributed by atoms with van der Waals surface area (Å²) in [6.45, 7) is 12.1. The number of hydrogen-bond acceptors (Lipinski definition) is 11. The summed E-state index contributed by atoms with van der Waals surface area (Å²) in [6.07, 6.45) is 13.3. The lowest BCUT2D eigenvalue weighted by Crippen LogP contribution is -2.63. The molecular formula is C44H62FN4O10-. The minimum absolute atomic E-state index is 0.0113. The largest absolute Gasteiger partial charge is 0.548 e. The number of ether oxygens (including phenoxy) is 1. The number of Topliss-reactive ketones (excluding diaryl/α,β-unsaturated/α-hetero) is 1. The SMILES string of the molecule is CC(=O)CC[C@@H](C(=O)N[C@H](C(=O)NC(Cc1cc(O)cc(F)c1)C(=O)N1CCCC(C(=O)[O-])N1)C(C)C)[C@H](O)[C@@H](C)C/C=C/C=C/CC/C(C)=C/C=C/C(=O)OC(C)C. The van der Waals surface area contributed by atoms with Crippen molar-refractivity contribution in [1.29, 1.82) is 0 Å². The molecule has 0 saturated carbocycles. The second-order valence-corrected chi connectivity index (χ2v) is 15.7. The number of carbonyl (C=O) groups excluding carboxylic acids is 6. The number of nitrogens with one attached hydrogen (secondary N) is 3. The zero-order valence-corrected chi connectivity index (χ0v) is 35.2. The number of aliphatic carboxylic acids is 1. The molecule has 3 amide bonds. The number of rotatable bonds is 23. The Morgan fingerprint density at radius 2 is 1.68 bits per heavy atom. The highest BCUT2D eigenvalue weighted by atomic mass is 19.1. The van der Waals surface area contributed by atoms with Gasteiger partial charge in [0.1, 0.15) is 29.4 Å². The van der Waals surface area contributed by atoms with Gasteiger partial charge in [0.15, 0.2) is 0 Å². The third kappa shape index (κ3) is 18.5. The molecule has 1 saturated heterocycles. The number of halogens is 1. The van der Waals surface area contributed by atoms with Gasteiger partial charge in [0.05, 0.1) is 30.1 Å². The van der Waals surface area contributed by atoms with Crippen LogP contribution >= 0.6 is 0 Å². The lowest BCUT2D eigenvalue weighted by molar-refractivity contribution is -0.310. The molecule has 1 fully saturated rings. The molecule has 5 N–H and O–H groups in total. The maximum atomic E-state index is 14.2. The van der Waals surface area contributed by atoms with Crippen LogP contribution in [0, 0.1) is 23.6 Å². The Morgan fingerprint density at radius 3 is 2.31 bits per heavy atom. The van der Waals surface area contributed by atoms with Gasteiger partial charge in [-0.25, -0.2) is 14.6 Å². The van der Waals surface area contributed by atoms with E-state index >= 15 is 0 Å². The Morgan fingerprint density at radius 1 is 0.983 bits per heavy atom. The number of phenols is 1. The van der Waals surface area contributed by atoms with Crippen molar-refractivity contribution in [2.24, 2.45) is 17.8 Å². The van der Waals surface area contributed by atoms with E-state index in [4.69, 9.17) is 4.74 Å². The first kappa shape index (κ1) is 50.0. The molecule has 1 aliphatic heterocycles. The Kier molecular flexibility index (Phi) is 21.5. The van der Waals surface area contributed by atoms with E-state index in [1.54, 1.807) is 40.7 Å². The van der Waals surface area contributed by atoms with Gasteiger partial charge in [0.25, 0.3) is 5.91 Å². The van der Waals surface area contributed by atoms with Gasteiger partial charge in [0.2, 0.25) is 11.8 Å². The number of carboxylic acids is 1. The van der Waals surface area contributed by atoms with Gasteiger partial charge in [-0.05, 0) is 95.8 Å². The molecule has 59 heavy (non-hydrogen) atoms. The van der Waals surface area contributed by atoms with Gasteiger partial charge in [-0.2, -0.15) is 0 Å². The smallest absolute Gasteiger partial charge is 0.330 e. The van der Waals surface area contributed by atoms with Gasteiger partial charge >= 0.3 is 5.97 Å². The van der Waals surface area contributed by atoms with Crippen LogP contribution < -0.4 is 21.2 Å². The molecule has 0 aliphatic carbocycles. The fourth-order valence-corrected chi connectivity index (χ4v) is 6.40. The zero-order chi connectivity index (χ0) is 44.2. The molecule has 1 aliphatic rings. The van der Waals surface area contributed by atoms with E-state index in [1.807, 2.05) is 37.3 Å². The number of allylic oxidation sites excluding steroid dienone is 7. The standard InChI is InChI=1S/C44H63FN4O10/c1-27(2)39(42(55)46-37(25-32-23-33(45)26-34(51)24-32)43(56)49-22-14-18-36(48-49)44(57)58)47-41(54)35(21-20-31(7)50)40(53)30(6)17-12-10-8-9-11-15-29(5)16-13-19-38(52)59-28(3)4/h8-10,12-13,16,19,23-24,26-28,30,35-37,39-40,48,51,53H,11,14-15,17-18,20-22,25H2,1-7H3,(H,46,55)(H,47,54)(H,57,58)/p-1/b9-8+,12-10+,19-13+,29-16+/t30-,35+,36?,37?,39-,40+/m0/s1. The molecule has 0 aromatic heterocycles. The molecule has 15 heteroatoms. The third-order valence-electron chi connectivity index (χ3n) is 9.68. The van der Waals surface area contributed by atoms with Crippen molar-refractivity contribution in [3.05, 3.63) is 77.7 Å². The zero-order valence-electron chi connectivity index (χ0n) is 35.2. The normalized spacial score (nSPS) is 17.6. The quantitative estimate of drug-likeness (QED) is 0.0610. The number of carbonyl (C=O) groups is 6. The van der Waals surface area contributed by atoms with Crippen molar-refractivity contribution in [2.45, 2.75) is 130 Å². The summed E-state index contributed by atoms with van der Waals surface area (Å²) in [4.78, 5) is 76.7. The highest BCUT2D eigenvalue weighted by molar-refractivity contribution is 5.93. The topological polar surface area (TPSA) is 214 Å². The van der Waals surface area contributed by atoms with E-state index in [-0.39, 0.29) is 49.7 Å². The number of benzene rings is 1. The van der Waals surface area contributed by atoms with Crippen LogP contribution in [0.1, 0.15) is 99.0 Å². The number of amides is 3. The molecule has 1 aromatic rings. The van der Waals surface area contributed by atoms with Crippen LogP contribution in [-0.2, 0) is 39.9 Å². The maximum Gasteiger partial charge on any atom is 0.330 e. The first-order chi connectivity index (χ1) is 27.8. The highest BCUT2D eigenvalue weighted by Crippen LogP contribution is 2.23. The van der Waals surface area contributed by atoms with Crippen molar-refractivity contribution < 1.29 is 53.2 Å². The third-order valence-corrected chi connectivity index (χ3v) is 9.68. The predicted octanol–water partition coefficient (Wildman–Crippen LogP) is 3.66. The van der Waals surface area contributed by atoms with Crippen molar-refractivity contribution >= 4 is 35.4 Å². The van der Waals surface area contributed by atoms with E-state index < -0.39 is 83.2 Å². The van der Waals surface area contributed by atoms with Crippen LogP contribution in [-0.4, -0.2) is 87.5 Å². The van der Waals surface area contributed by atoms with Gasteiger partial charge < -0.3 is 40.3 Å². The molecule has 0 bridgehead atoms. The van der Waals surface area contributed by atoms with E-state index in [1.165, 1.54) is 19.1 Å². The number of phenolic OH excluding ortho intramolecular Hbond substituents is 1. The van der Waals surface area contributed by atoms with Crippen molar-refractivity contribution in [1.82, 2.24) is 21.1 Å². The molecule has 326 valence electrons. The predicted molar refractivity (Wildman–Crippen MR) is 218 cm³/mol. The van der Waals surface area contributed by atoms with Gasteiger partial charge in [-0.3, -0.25) is 19.4 Å². The summed E-state index contributed by atoms with van der Waals surface area (Å²) in [7, 11) is 0. The van der Waals surface area contributed by atoms with Gasteiger partial charge in [0, 0.05) is 31.5 Å². The molecule has 2 unspecified atom stereocenters. The molecule has 1 heterocycles. The molecule has 0 radical (unpaired) electrons. The van der Waals surface area contributed by atoms with Crippen LogP contribution in [0.4, 0.5) is 4.39 Å². The summed E-state index contributed by atoms with van der Waals surface area (Å²) in [5.74, 6) is -7.32. The van der Waals surface area contributed by atoms with Crippen LogP contribution in [0.15, 0.2) is 66.3 Å². The lowest BCUT2D eigenvalue weighted by Gasteiger charge is -2.37. The second kappa shape index (κ2) is 25.4. The number of aliphatic hydroxyl groups is 1. The van der Waals surface area contributed by atoms with Gasteiger partial charge in [-0.15, -0.1) is 0 Å². The Bertz CT molecular complexity index is 1700. The molecule has 14 nitrogen and oxygen atoms in total. The Hall–Kier alpha value is -5.15. The second-order valence-electron chi connectivity index (χ2n) is 15.7. The monoisotopic (exact) mass is 825 g/mol. The average Bonchev–Trinajstić information content (AvgIpc) is 3.14. The van der Waals surface area contributed by atoms with Crippen LogP contribution in [0.3, 0.4) is 0 Å². The highest BCUT2D eigenvalue weighted by Gasteiger charge is 2.36. The fourth-order valence-electron chi connectivity index (χ4n) is 6.40. The van der Waals surface area contributed by atoms with E-state index in [2.05, 4.69) is 16.1 Å². The van der Waals surface area contributed by atoms with E-state index in [0.717, 1.165) is 35.6 Å². The van der Waals surface area contributed by atoms with Crippen LogP contribution in [0.5, 0.6) is 5.75 Å². The van der Waals surface area contributed by atoms with Crippen LogP contribution in [0.2, 0.25) is 0 Å². The maximum absolute atomic E-state index is 14.2. The number of nitrogens with zero attached hydrogens (tertiary/aromatic N) is 1. The number of carboxylic acid groups (broad SMARTS) is 1. The summed E-state index contributed by atoms with van der Waals surface area (Å²) in [6, 6.07) is -0.543. The van der Waals surface area contributed by atoms with Crippen molar-refractivity contribution in [2.75, 3.05) is 6.54 Å². The molecule has 1 aromatic carbocycles. The lowest BCUT2D eigenvalue weighted by atomic mass is 9.85. The molecule has 2 rings (SSSR count). The number of ketones is 1. The van der Waals surface area contributed by atoms with Crippen molar-refractivity contribution in [3.8, 4) is 5.75 Å². The molecular weight excluding hydrogens is 763 g/mol. The first-order valence-electron chi connectivity index (χ1n) is 20.2. The fraction of sp³-hybridized carbons (Fsp3) is 0.545. The van der Waals surface area contributed by atoms with Gasteiger partial charge in [-0.1, -0.05) is 62.8 Å². The average molecular weight is 826 g/mol. The number of aliphatic hydroxyl groups excluding tert-OH is 1. The van der Waals surface area contributed by atoms with E-state index in [9.17, 15) is 48.5 Å². The van der Waals surface area contributed by atoms with E-state index in [0.29, 0.717) is 12.8 Å². The minimum atomic E-state index is -1.41. The van der Waals surface area contributed by atoms with Crippen molar-refractivity contribution in [3.63, 3.8) is 0 Å².